The number of hydrogen-bond acceptors (Lipinski definition) is 2. The molecular formula is C17H25NO. The van der Waals surface area contributed by atoms with Crippen LogP contribution in [0.3, 0.4) is 0 Å². The van der Waals surface area contributed by atoms with E-state index in [0.717, 1.165) is 31.2 Å². The van der Waals surface area contributed by atoms with E-state index in [1.54, 1.807) is 0 Å². The fourth-order valence-corrected chi connectivity index (χ4v) is 2.77. The average molecular weight is 259 g/mol. The zero-order valence-corrected chi connectivity index (χ0v) is 12.3. The second kappa shape index (κ2) is 5.09. The van der Waals surface area contributed by atoms with Crippen molar-refractivity contribution in [3.63, 3.8) is 0 Å². The highest BCUT2D eigenvalue weighted by molar-refractivity contribution is 5.90. The van der Waals surface area contributed by atoms with Crippen LogP contribution >= 0.6 is 0 Å². The Morgan fingerprint density at radius 1 is 1.16 bits per heavy atom. The lowest BCUT2D eigenvalue weighted by atomic mass is 9.85. The highest BCUT2D eigenvalue weighted by Crippen LogP contribution is 2.29. The monoisotopic (exact) mass is 259 g/mol. The van der Waals surface area contributed by atoms with E-state index in [9.17, 15) is 4.79 Å². The van der Waals surface area contributed by atoms with Gasteiger partial charge < -0.3 is 5.73 Å². The normalized spacial score (nSPS) is 18.5. The Hall–Kier alpha value is -1.15. The molecule has 0 unspecified atom stereocenters. The van der Waals surface area contributed by atoms with Gasteiger partial charge in [0.1, 0.15) is 0 Å². The number of ketones is 1. The van der Waals surface area contributed by atoms with Gasteiger partial charge in [0.15, 0.2) is 5.78 Å². The number of benzene rings is 1. The maximum Gasteiger partial charge on any atom is 0.156 e. The van der Waals surface area contributed by atoms with Crippen molar-refractivity contribution in [2.24, 2.45) is 5.73 Å². The molecule has 1 fully saturated rings. The van der Waals surface area contributed by atoms with Gasteiger partial charge in [0.2, 0.25) is 0 Å². The maximum absolute atomic E-state index is 12.3. The van der Waals surface area contributed by atoms with Gasteiger partial charge in [0.05, 0.1) is 5.54 Å². The molecule has 2 N–H and O–H groups in total. The molecule has 0 aromatic heterocycles. The van der Waals surface area contributed by atoms with Gasteiger partial charge >= 0.3 is 0 Å². The number of carbonyl (C=O) groups is 1. The fraction of sp³-hybridized carbons (Fsp3) is 0.588. The molecule has 0 bridgehead atoms. The van der Waals surface area contributed by atoms with Crippen LogP contribution < -0.4 is 5.73 Å². The molecule has 19 heavy (non-hydrogen) atoms. The predicted molar refractivity (Wildman–Crippen MR) is 79.2 cm³/mol. The molecule has 0 aliphatic heterocycles. The quantitative estimate of drug-likeness (QED) is 0.904. The number of carbonyl (C=O) groups excluding carboxylic acids is 1. The summed E-state index contributed by atoms with van der Waals surface area (Å²) < 4.78 is 0. The summed E-state index contributed by atoms with van der Waals surface area (Å²) in [7, 11) is 0. The molecule has 1 aromatic rings. The lowest BCUT2D eigenvalue weighted by molar-refractivity contribution is -0.123. The van der Waals surface area contributed by atoms with Crippen LogP contribution in [0.5, 0.6) is 0 Å². The molecule has 104 valence electrons. The zero-order chi connectivity index (χ0) is 14.1. The SMILES string of the molecule is CC(C)(C)c1ccc(CC(=O)C2(N)CCCC2)cc1. The summed E-state index contributed by atoms with van der Waals surface area (Å²) in [6.45, 7) is 6.59. The third-order valence-corrected chi connectivity index (χ3v) is 4.24. The molecule has 1 aliphatic rings. The summed E-state index contributed by atoms with van der Waals surface area (Å²) >= 11 is 0. The van der Waals surface area contributed by atoms with Crippen molar-refractivity contribution in [1.29, 1.82) is 0 Å². The molecular weight excluding hydrogens is 234 g/mol. The molecule has 2 nitrogen and oxygen atoms in total. The topological polar surface area (TPSA) is 43.1 Å². The number of rotatable bonds is 3. The van der Waals surface area contributed by atoms with Crippen LogP contribution in [-0.2, 0) is 16.6 Å². The second-order valence-electron chi connectivity index (χ2n) is 6.91. The molecule has 0 spiro atoms. The maximum atomic E-state index is 12.3. The predicted octanol–water partition coefficient (Wildman–Crippen LogP) is 3.37. The highest BCUT2D eigenvalue weighted by Gasteiger charge is 2.36. The Kier molecular flexibility index (Phi) is 3.82. The minimum absolute atomic E-state index is 0.156. The van der Waals surface area contributed by atoms with Crippen molar-refractivity contribution in [2.45, 2.75) is 63.8 Å². The van der Waals surface area contributed by atoms with Crippen molar-refractivity contribution in [3.05, 3.63) is 35.4 Å². The Balaban J connectivity index is 2.06. The number of hydrogen-bond donors (Lipinski definition) is 1. The van der Waals surface area contributed by atoms with Gasteiger partial charge in [-0.15, -0.1) is 0 Å². The van der Waals surface area contributed by atoms with E-state index in [0.29, 0.717) is 6.42 Å². The summed E-state index contributed by atoms with van der Waals surface area (Å²) in [6.07, 6.45) is 4.36. The van der Waals surface area contributed by atoms with Gasteiger partial charge in [-0.1, -0.05) is 57.9 Å². The Morgan fingerprint density at radius 3 is 2.16 bits per heavy atom. The molecule has 2 heteroatoms. The Bertz CT molecular complexity index is 447. The first-order chi connectivity index (χ1) is 8.81. The molecule has 0 atom stereocenters. The van der Waals surface area contributed by atoms with E-state index in [4.69, 9.17) is 5.73 Å². The molecule has 0 radical (unpaired) electrons. The van der Waals surface area contributed by atoms with Gasteiger partial charge in [0, 0.05) is 6.42 Å². The van der Waals surface area contributed by atoms with Crippen molar-refractivity contribution in [1.82, 2.24) is 0 Å². The van der Waals surface area contributed by atoms with E-state index in [1.165, 1.54) is 5.56 Å². The molecule has 0 heterocycles. The summed E-state index contributed by atoms with van der Waals surface area (Å²) in [4.78, 5) is 12.3. The van der Waals surface area contributed by atoms with Gasteiger partial charge in [-0.25, -0.2) is 0 Å². The van der Waals surface area contributed by atoms with E-state index in [1.807, 2.05) is 0 Å². The van der Waals surface area contributed by atoms with Gasteiger partial charge in [-0.2, -0.15) is 0 Å². The average Bonchev–Trinajstić information content (AvgIpc) is 2.77. The summed E-state index contributed by atoms with van der Waals surface area (Å²) in [6, 6.07) is 8.38. The van der Waals surface area contributed by atoms with Gasteiger partial charge in [-0.05, 0) is 29.4 Å². The minimum Gasteiger partial charge on any atom is -0.319 e. The summed E-state index contributed by atoms with van der Waals surface area (Å²) in [5.74, 6) is 0.202. The number of nitrogens with two attached hydrogens (primary N) is 1. The molecule has 1 aliphatic carbocycles. The van der Waals surface area contributed by atoms with E-state index < -0.39 is 5.54 Å². The summed E-state index contributed by atoms with van der Waals surface area (Å²) in [5, 5.41) is 0. The fourth-order valence-electron chi connectivity index (χ4n) is 2.77. The smallest absolute Gasteiger partial charge is 0.156 e. The first kappa shape index (κ1) is 14.3. The third-order valence-electron chi connectivity index (χ3n) is 4.24. The van der Waals surface area contributed by atoms with E-state index >= 15 is 0 Å². The van der Waals surface area contributed by atoms with Crippen LogP contribution in [0.2, 0.25) is 0 Å². The van der Waals surface area contributed by atoms with Crippen LogP contribution in [0, 0.1) is 0 Å². The Labute approximate surface area is 116 Å². The highest BCUT2D eigenvalue weighted by atomic mass is 16.1. The molecule has 2 rings (SSSR count). The molecule has 1 saturated carbocycles. The van der Waals surface area contributed by atoms with Crippen molar-refractivity contribution in [3.8, 4) is 0 Å². The van der Waals surface area contributed by atoms with Crippen LogP contribution in [0.15, 0.2) is 24.3 Å². The van der Waals surface area contributed by atoms with Crippen molar-refractivity contribution in [2.75, 3.05) is 0 Å². The van der Waals surface area contributed by atoms with Gasteiger partial charge in [-0.3, -0.25) is 4.79 Å². The van der Waals surface area contributed by atoms with E-state index in [2.05, 4.69) is 45.0 Å². The Morgan fingerprint density at radius 2 is 1.68 bits per heavy atom. The first-order valence-electron chi connectivity index (χ1n) is 7.23. The lowest BCUT2D eigenvalue weighted by Gasteiger charge is -2.22. The van der Waals surface area contributed by atoms with E-state index in [-0.39, 0.29) is 11.2 Å². The summed E-state index contributed by atoms with van der Waals surface area (Å²) in [5.41, 5.74) is 8.18. The standard InChI is InChI=1S/C17H25NO/c1-16(2,3)14-8-6-13(7-9-14)12-15(19)17(18)10-4-5-11-17/h6-9H,4-5,10-12,18H2,1-3H3. The molecule has 0 saturated heterocycles. The van der Waals surface area contributed by atoms with Gasteiger partial charge in [0.25, 0.3) is 0 Å². The zero-order valence-electron chi connectivity index (χ0n) is 12.3. The van der Waals surface area contributed by atoms with Crippen molar-refractivity contribution < 1.29 is 4.79 Å². The third kappa shape index (κ3) is 3.24. The number of Topliss-reactive ketones (excluding diaryl/α,β-unsaturated/α-hetero) is 1. The van der Waals surface area contributed by atoms with Crippen molar-refractivity contribution >= 4 is 5.78 Å². The van der Waals surface area contributed by atoms with Crippen LogP contribution in [0.4, 0.5) is 0 Å². The minimum atomic E-state index is -0.553. The molecule has 1 aromatic carbocycles. The largest absolute Gasteiger partial charge is 0.319 e. The lowest BCUT2D eigenvalue weighted by Crippen LogP contribution is -2.46. The van der Waals surface area contributed by atoms with Crippen LogP contribution in [0.25, 0.3) is 0 Å². The second-order valence-corrected chi connectivity index (χ2v) is 6.91. The molecule has 0 amide bonds. The first-order valence-corrected chi connectivity index (χ1v) is 7.23. The van der Waals surface area contributed by atoms with Crippen LogP contribution in [0.1, 0.15) is 57.6 Å². The van der Waals surface area contributed by atoms with Crippen LogP contribution in [-0.4, -0.2) is 11.3 Å².